The van der Waals surface area contributed by atoms with Crippen LogP contribution in [0.15, 0.2) is 30.7 Å². The van der Waals surface area contributed by atoms with Crippen LogP contribution in [0.5, 0.6) is 0 Å². The quantitative estimate of drug-likeness (QED) is 0.672. The number of hydrogen-bond donors (Lipinski definition) is 2. The first kappa shape index (κ1) is 20.4. The van der Waals surface area contributed by atoms with E-state index in [1.165, 1.54) is 0 Å². The van der Waals surface area contributed by atoms with Gasteiger partial charge in [-0.25, -0.2) is 0 Å². The molecular formula is C20H29N5O3. The molecule has 3 heterocycles. The molecule has 2 aromatic rings. The maximum atomic E-state index is 12.3. The second-order valence-electron chi connectivity index (χ2n) is 7.28. The number of ether oxygens (including phenoxy) is 1. The maximum absolute atomic E-state index is 12.3. The van der Waals surface area contributed by atoms with Crippen LogP contribution in [0, 0.1) is 0 Å². The van der Waals surface area contributed by atoms with Gasteiger partial charge in [0.15, 0.2) is 0 Å². The third-order valence-electron chi connectivity index (χ3n) is 5.00. The normalized spacial score (nSPS) is 22.1. The monoisotopic (exact) mass is 387 g/mol. The van der Waals surface area contributed by atoms with Crippen LogP contribution in [0.3, 0.4) is 0 Å². The van der Waals surface area contributed by atoms with Gasteiger partial charge in [0.05, 0.1) is 30.9 Å². The Bertz CT molecular complexity index is 736. The molecule has 0 spiro atoms. The molecule has 0 radical (unpaired) electrons. The lowest BCUT2D eigenvalue weighted by atomic mass is 9.97. The third-order valence-corrected chi connectivity index (χ3v) is 5.00. The van der Waals surface area contributed by atoms with E-state index in [2.05, 4.69) is 27.5 Å². The number of aliphatic hydroxyl groups is 1. The van der Waals surface area contributed by atoms with Crippen LogP contribution in [0.25, 0.3) is 0 Å². The fraction of sp³-hybridized carbons (Fsp3) is 0.600. The van der Waals surface area contributed by atoms with Crippen LogP contribution in [-0.2, 0) is 28.9 Å². The Morgan fingerprint density at radius 1 is 1.43 bits per heavy atom. The summed E-state index contributed by atoms with van der Waals surface area (Å²) in [5, 5.41) is 21.0. The lowest BCUT2D eigenvalue weighted by molar-refractivity contribution is -0.128. The molecule has 1 aliphatic rings. The highest BCUT2D eigenvalue weighted by Gasteiger charge is 2.31. The van der Waals surface area contributed by atoms with E-state index in [9.17, 15) is 9.90 Å². The molecule has 152 valence electrons. The predicted molar refractivity (Wildman–Crippen MR) is 103 cm³/mol. The van der Waals surface area contributed by atoms with Crippen molar-refractivity contribution in [1.29, 1.82) is 0 Å². The van der Waals surface area contributed by atoms with Gasteiger partial charge in [0.1, 0.15) is 6.10 Å². The molecule has 0 aliphatic carbocycles. The van der Waals surface area contributed by atoms with Crippen molar-refractivity contribution in [2.75, 3.05) is 6.61 Å². The maximum Gasteiger partial charge on any atom is 0.224 e. The van der Waals surface area contributed by atoms with Gasteiger partial charge in [-0.05, 0) is 37.3 Å². The number of nitrogens with zero attached hydrogens (tertiary/aromatic N) is 4. The van der Waals surface area contributed by atoms with Crippen molar-refractivity contribution in [3.63, 3.8) is 0 Å². The van der Waals surface area contributed by atoms with Crippen molar-refractivity contribution >= 4 is 5.91 Å². The number of hydrogen-bond acceptors (Lipinski definition) is 6. The van der Waals surface area contributed by atoms with Gasteiger partial charge in [0.2, 0.25) is 5.91 Å². The second-order valence-corrected chi connectivity index (χ2v) is 7.28. The molecule has 1 saturated heterocycles. The molecule has 3 rings (SSSR count). The van der Waals surface area contributed by atoms with E-state index in [4.69, 9.17) is 4.74 Å². The summed E-state index contributed by atoms with van der Waals surface area (Å²) in [4.78, 5) is 16.3. The van der Waals surface area contributed by atoms with Gasteiger partial charge in [-0.3, -0.25) is 14.5 Å². The number of aliphatic hydroxyl groups excluding tert-OH is 1. The zero-order valence-corrected chi connectivity index (χ0v) is 16.3. The Hall–Kier alpha value is -2.32. The standard InChI is InChI=1S/C20H29N5O3/c1-2-4-16-13-25(24-23-16)10-8-17-6-7-18(19(14-26)28-17)22-20(27)11-15-5-3-9-21-12-15/h3,5,9,12-13,17-19,26H,2,4,6-8,10-11,14H2,1H3,(H,22,27)/t17-,18+,19+/m1/s1. The summed E-state index contributed by atoms with van der Waals surface area (Å²) in [5.41, 5.74) is 1.88. The van der Waals surface area contributed by atoms with Gasteiger partial charge in [-0.2, -0.15) is 0 Å². The minimum atomic E-state index is -0.386. The van der Waals surface area contributed by atoms with Crippen molar-refractivity contribution in [1.82, 2.24) is 25.3 Å². The van der Waals surface area contributed by atoms with Crippen LogP contribution in [-0.4, -0.2) is 55.8 Å². The SMILES string of the molecule is CCCc1cn(CC[C@H]2CC[C@H](NC(=O)Cc3cccnc3)[C@H](CO)O2)nn1. The molecule has 0 bridgehead atoms. The minimum Gasteiger partial charge on any atom is -0.394 e. The van der Waals surface area contributed by atoms with E-state index < -0.39 is 0 Å². The molecular weight excluding hydrogens is 358 g/mol. The summed E-state index contributed by atoms with van der Waals surface area (Å²) in [5.74, 6) is -0.0791. The molecule has 8 heteroatoms. The van der Waals surface area contributed by atoms with Crippen molar-refractivity contribution in [2.24, 2.45) is 0 Å². The Labute approximate surface area is 165 Å². The highest BCUT2D eigenvalue weighted by atomic mass is 16.5. The average Bonchev–Trinajstić information content (AvgIpc) is 3.15. The number of nitrogens with one attached hydrogen (secondary N) is 1. The summed E-state index contributed by atoms with van der Waals surface area (Å²) in [7, 11) is 0. The first-order valence-electron chi connectivity index (χ1n) is 10.0. The van der Waals surface area contributed by atoms with Crippen molar-refractivity contribution in [3.05, 3.63) is 42.0 Å². The second kappa shape index (κ2) is 10.3. The van der Waals surface area contributed by atoms with Crippen molar-refractivity contribution in [3.8, 4) is 0 Å². The fourth-order valence-electron chi connectivity index (χ4n) is 3.55. The summed E-state index contributed by atoms with van der Waals surface area (Å²) in [6.07, 6.45) is 9.71. The Morgan fingerprint density at radius 3 is 3.07 bits per heavy atom. The molecule has 8 nitrogen and oxygen atoms in total. The third kappa shape index (κ3) is 5.84. The van der Waals surface area contributed by atoms with E-state index in [-0.39, 0.29) is 37.2 Å². The number of aryl methyl sites for hydroxylation is 2. The molecule has 2 N–H and O–H groups in total. The van der Waals surface area contributed by atoms with Gasteiger partial charge >= 0.3 is 0 Å². The summed E-state index contributed by atoms with van der Waals surface area (Å²) >= 11 is 0. The largest absolute Gasteiger partial charge is 0.394 e. The molecule has 2 aromatic heterocycles. The van der Waals surface area contributed by atoms with Gasteiger partial charge in [-0.1, -0.05) is 24.6 Å². The molecule has 3 atom stereocenters. The molecule has 1 fully saturated rings. The highest BCUT2D eigenvalue weighted by Crippen LogP contribution is 2.22. The van der Waals surface area contributed by atoms with E-state index in [1.54, 1.807) is 12.4 Å². The minimum absolute atomic E-state index is 0.0439. The number of carbonyl (C=O) groups is 1. The number of aromatic nitrogens is 4. The van der Waals surface area contributed by atoms with E-state index >= 15 is 0 Å². The summed E-state index contributed by atoms with van der Waals surface area (Å²) in [6, 6.07) is 3.51. The van der Waals surface area contributed by atoms with Gasteiger partial charge in [-0.15, -0.1) is 5.10 Å². The van der Waals surface area contributed by atoms with Crippen LogP contribution in [0.2, 0.25) is 0 Å². The molecule has 0 aromatic carbocycles. The van der Waals surface area contributed by atoms with Gasteiger partial charge < -0.3 is 15.2 Å². The zero-order chi connectivity index (χ0) is 19.8. The molecule has 28 heavy (non-hydrogen) atoms. The number of carbonyl (C=O) groups excluding carboxylic acids is 1. The van der Waals surface area contributed by atoms with E-state index in [0.717, 1.165) is 49.9 Å². The first-order chi connectivity index (χ1) is 13.7. The Kier molecular flexibility index (Phi) is 7.50. The first-order valence-corrected chi connectivity index (χ1v) is 10.0. The van der Waals surface area contributed by atoms with Crippen molar-refractivity contribution < 1.29 is 14.6 Å². The van der Waals surface area contributed by atoms with Gasteiger partial charge in [0.25, 0.3) is 0 Å². The Balaban J connectivity index is 1.45. The highest BCUT2D eigenvalue weighted by molar-refractivity contribution is 5.78. The number of pyridine rings is 1. The topological polar surface area (TPSA) is 102 Å². The average molecular weight is 387 g/mol. The summed E-state index contributed by atoms with van der Waals surface area (Å²) in [6.45, 7) is 2.74. The molecule has 0 unspecified atom stereocenters. The van der Waals surface area contributed by atoms with Crippen LogP contribution < -0.4 is 5.32 Å². The Morgan fingerprint density at radius 2 is 2.32 bits per heavy atom. The van der Waals surface area contributed by atoms with Crippen LogP contribution in [0.1, 0.15) is 43.9 Å². The smallest absolute Gasteiger partial charge is 0.224 e. The lowest BCUT2D eigenvalue weighted by Crippen LogP contribution is -2.51. The van der Waals surface area contributed by atoms with Gasteiger partial charge in [0, 0.05) is 25.1 Å². The van der Waals surface area contributed by atoms with Crippen LogP contribution >= 0.6 is 0 Å². The number of amides is 1. The predicted octanol–water partition coefficient (Wildman–Crippen LogP) is 1.28. The zero-order valence-electron chi connectivity index (χ0n) is 16.3. The number of rotatable bonds is 9. The molecule has 1 aliphatic heterocycles. The molecule has 0 saturated carbocycles. The summed E-state index contributed by atoms with van der Waals surface area (Å²) < 4.78 is 7.89. The molecule has 1 amide bonds. The van der Waals surface area contributed by atoms with Crippen LogP contribution in [0.4, 0.5) is 0 Å². The van der Waals surface area contributed by atoms with Crippen molar-refractivity contribution in [2.45, 2.75) is 70.2 Å². The van der Waals surface area contributed by atoms with E-state index in [0.29, 0.717) is 0 Å². The van der Waals surface area contributed by atoms with E-state index in [1.807, 2.05) is 23.0 Å². The fourth-order valence-corrected chi connectivity index (χ4v) is 3.55. The lowest BCUT2D eigenvalue weighted by Gasteiger charge is -2.36.